The molecule has 0 amide bonds. The topological polar surface area (TPSA) is 79.1 Å². The molecule has 144 valence electrons. The van der Waals surface area contributed by atoms with Gasteiger partial charge in [-0.15, -0.1) is 0 Å². The molecule has 0 spiro atoms. The molecule has 4 rings (SSSR count). The molecule has 26 heavy (non-hydrogen) atoms. The van der Waals surface area contributed by atoms with Crippen molar-refractivity contribution in [3.05, 3.63) is 11.6 Å². The van der Waals surface area contributed by atoms with E-state index in [1.54, 1.807) is 0 Å². The molecule has 6 unspecified atom stereocenters. The highest BCUT2D eigenvalue weighted by Crippen LogP contribution is 2.65. The fourth-order valence-electron chi connectivity index (χ4n) is 6.79. The second-order valence-electron chi connectivity index (χ2n) is 9.39. The van der Waals surface area contributed by atoms with Gasteiger partial charge in [-0.25, -0.2) is 4.79 Å². The number of hydrogen-bond donors (Lipinski definition) is 2. The Balaban J connectivity index is 1.55. The van der Waals surface area contributed by atoms with E-state index >= 15 is 0 Å². The van der Waals surface area contributed by atoms with Gasteiger partial charge in [0.2, 0.25) is 6.61 Å². The third-order valence-electron chi connectivity index (χ3n) is 8.30. The van der Waals surface area contributed by atoms with Crippen LogP contribution < -0.4 is 0 Å². The summed E-state index contributed by atoms with van der Waals surface area (Å²) in [4.78, 5) is 15.5. The maximum atomic E-state index is 10.6. The van der Waals surface area contributed by atoms with Crippen LogP contribution in [-0.2, 0) is 9.63 Å². The van der Waals surface area contributed by atoms with Gasteiger partial charge in [0.15, 0.2) is 0 Å². The molecule has 3 fully saturated rings. The predicted octanol–water partition coefficient (Wildman–Crippen LogP) is 3.77. The first-order valence-electron chi connectivity index (χ1n) is 10.1. The second kappa shape index (κ2) is 6.36. The van der Waals surface area contributed by atoms with E-state index in [-0.39, 0.29) is 23.5 Å². The van der Waals surface area contributed by atoms with E-state index in [2.05, 4.69) is 25.1 Å². The maximum Gasteiger partial charge on any atom is 0.344 e. The number of hydrogen-bond acceptors (Lipinski definition) is 4. The van der Waals surface area contributed by atoms with Crippen molar-refractivity contribution in [3.63, 3.8) is 0 Å². The quantitative estimate of drug-likeness (QED) is 0.750. The fourth-order valence-corrected chi connectivity index (χ4v) is 6.79. The van der Waals surface area contributed by atoms with Crippen LogP contribution >= 0.6 is 0 Å². The molecule has 4 aliphatic rings. The van der Waals surface area contributed by atoms with Crippen LogP contribution in [0, 0.1) is 28.6 Å². The molecule has 4 aliphatic carbocycles. The molecule has 0 aliphatic heterocycles. The Morgan fingerprint density at radius 1 is 1.19 bits per heavy atom. The van der Waals surface area contributed by atoms with Crippen molar-refractivity contribution in [2.45, 2.75) is 71.3 Å². The van der Waals surface area contributed by atoms with Crippen LogP contribution in [0.25, 0.3) is 0 Å². The van der Waals surface area contributed by atoms with E-state index in [4.69, 9.17) is 9.94 Å². The normalized spacial score (nSPS) is 46.1. The summed E-state index contributed by atoms with van der Waals surface area (Å²) in [6.45, 7) is 4.38. The third-order valence-corrected chi connectivity index (χ3v) is 8.30. The zero-order valence-corrected chi connectivity index (χ0v) is 15.9. The summed E-state index contributed by atoms with van der Waals surface area (Å²) < 4.78 is 0. The third kappa shape index (κ3) is 2.70. The van der Waals surface area contributed by atoms with Crippen LogP contribution in [0.2, 0.25) is 0 Å². The monoisotopic (exact) mass is 361 g/mol. The zero-order valence-electron chi connectivity index (χ0n) is 15.9. The summed E-state index contributed by atoms with van der Waals surface area (Å²) >= 11 is 0. The molecule has 0 saturated heterocycles. The second-order valence-corrected chi connectivity index (χ2v) is 9.39. The van der Waals surface area contributed by atoms with E-state index < -0.39 is 5.97 Å². The Morgan fingerprint density at radius 3 is 2.77 bits per heavy atom. The van der Waals surface area contributed by atoms with E-state index in [9.17, 15) is 9.90 Å². The summed E-state index contributed by atoms with van der Waals surface area (Å²) in [5.74, 6) is 1.11. The van der Waals surface area contributed by atoms with Gasteiger partial charge in [-0.05, 0) is 86.0 Å². The maximum absolute atomic E-state index is 10.6. The molecular formula is C21H31NO4. The fraction of sp³-hybridized carbons (Fsp3) is 0.810. The van der Waals surface area contributed by atoms with Gasteiger partial charge in [0.05, 0.1) is 11.8 Å². The Labute approximate surface area is 155 Å². The molecule has 0 aromatic heterocycles. The summed E-state index contributed by atoms with van der Waals surface area (Å²) in [7, 11) is 0. The lowest BCUT2D eigenvalue weighted by Crippen LogP contribution is -2.51. The Bertz CT molecular complexity index is 656. The summed E-state index contributed by atoms with van der Waals surface area (Å²) in [6, 6.07) is 0. The van der Waals surface area contributed by atoms with Crippen molar-refractivity contribution in [2.75, 3.05) is 6.61 Å². The highest BCUT2D eigenvalue weighted by molar-refractivity contribution is 5.96. The number of carboxylic acids is 1. The Hall–Kier alpha value is -1.36. The van der Waals surface area contributed by atoms with Crippen molar-refractivity contribution in [1.29, 1.82) is 0 Å². The molecule has 0 bridgehead atoms. The van der Waals surface area contributed by atoms with Crippen molar-refractivity contribution < 1.29 is 19.8 Å². The van der Waals surface area contributed by atoms with Gasteiger partial charge in [0.1, 0.15) is 0 Å². The van der Waals surface area contributed by atoms with Crippen LogP contribution in [0.4, 0.5) is 0 Å². The predicted molar refractivity (Wildman–Crippen MR) is 98.7 cm³/mol. The minimum absolute atomic E-state index is 0.116. The van der Waals surface area contributed by atoms with Crippen molar-refractivity contribution >= 4 is 11.7 Å². The lowest BCUT2D eigenvalue weighted by Gasteiger charge is -2.57. The number of carboxylic acid groups (broad SMARTS) is 1. The number of nitrogens with zero attached hydrogens (tertiary/aromatic N) is 1. The molecule has 5 nitrogen and oxygen atoms in total. The molecule has 5 heteroatoms. The standard InChI is InChI=1S/C21H31NO4/c1-20-9-7-14(22-26-12-19(24)25)11-13(20)3-4-15-16-5-6-18(23)21(16,2)10-8-17(15)20/h11,15-18,23H,3-10,12H2,1-2H3,(H,24,25)/b22-14+. The summed E-state index contributed by atoms with van der Waals surface area (Å²) in [5.41, 5.74) is 2.72. The van der Waals surface area contributed by atoms with E-state index in [0.717, 1.165) is 43.7 Å². The molecular weight excluding hydrogens is 330 g/mol. The number of allylic oxidation sites excluding steroid dienone is 2. The molecule has 2 N–H and O–H groups in total. The molecule has 0 aromatic rings. The average Bonchev–Trinajstić information content (AvgIpc) is 2.90. The number of fused-ring (bicyclic) bond motifs is 5. The first-order valence-corrected chi connectivity index (χ1v) is 10.1. The van der Waals surface area contributed by atoms with Crippen molar-refractivity contribution in [1.82, 2.24) is 0 Å². The van der Waals surface area contributed by atoms with E-state index in [1.165, 1.54) is 24.8 Å². The highest BCUT2D eigenvalue weighted by Gasteiger charge is 2.58. The molecule has 0 radical (unpaired) electrons. The lowest BCUT2D eigenvalue weighted by atomic mass is 9.47. The van der Waals surface area contributed by atoms with E-state index in [1.807, 2.05) is 0 Å². The minimum atomic E-state index is -0.993. The van der Waals surface area contributed by atoms with Crippen LogP contribution in [0.15, 0.2) is 16.8 Å². The Kier molecular flexibility index (Phi) is 4.41. The first kappa shape index (κ1) is 18.0. The summed E-state index contributed by atoms with van der Waals surface area (Å²) in [6.07, 6.45) is 10.8. The molecule has 3 saturated carbocycles. The van der Waals surface area contributed by atoms with Gasteiger partial charge in [0, 0.05) is 0 Å². The first-order chi connectivity index (χ1) is 12.3. The van der Waals surface area contributed by atoms with Gasteiger partial charge in [0.25, 0.3) is 0 Å². The van der Waals surface area contributed by atoms with E-state index in [0.29, 0.717) is 11.8 Å². The molecule has 0 aromatic carbocycles. The van der Waals surface area contributed by atoms with Crippen LogP contribution in [0.5, 0.6) is 0 Å². The number of carbonyl (C=O) groups is 1. The average molecular weight is 361 g/mol. The number of rotatable bonds is 3. The van der Waals surface area contributed by atoms with Crippen molar-refractivity contribution in [2.24, 2.45) is 33.7 Å². The number of aliphatic carboxylic acids is 1. The number of oxime groups is 1. The zero-order chi connectivity index (χ0) is 18.5. The highest BCUT2D eigenvalue weighted by atomic mass is 16.6. The molecule has 0 heterocycles. The SMILES string of the molecule is CC12CC/C(=N\OCC(=O)O)C=C1CCC1C2CCC2(C)C(O)CCC12. The Morgan fingerprint density at radius 2 is 2.00 bits per heavy atom. The van der Waals surface area contributed by atoms with Gasteiger partial charge >= 0.3 is 5.97 Å². The molecule has 6 atom stereocenters. The number of aliphatic hydroxyl groups is 1. The van der Waals surface area contributed by atoms with Gasteiger partial charge in [-0.2, -0.15) is 0 Å². The van der Waals surface area contributed by atoms with Crippen molar-refractivity contribution in [3.8, 4) is 0 Å². The smallest absolute Gasteiger partial charge is 0.344 e. The largest absolute Gasteiger partial charge is 0.479 e. The van der Waals surface area contributed by atoms with Gasteiger partial charge < -0.3 is 15.1 Å². The van der Waals surface area contributed by atoms with Crippen LogP contribution in [-0.4, -0.2) is 34.6 Å². The van der Waals surface area contributed by atoms with Crippen LogP contribution in [0.3, 0.4) is 0 Å². The summed E-state index contributed by atoms with van der Waals surface area (Å²) in [5, 5.41) is 23.3. The lowest BCUT2D eigenvalue weighted by molar-refractivity contribution is -0.142. The number of aliphatic hydroxyl groups excluding tert-OH is 1. The minimum Gasteiger partial charge on any atom is -0.479 e. The van der Waals surface area contributed by atoms with Gasteiger partial charge in [-0.1, -0.05) is 24.6 Å². The van der Waals surface area contributed by atoms with Gasteiger partial charge in [-0.3, -0.25) is 0 Å². The van der Waals surface area contributed by atoms with Crippen LogP contribution in [0.1, 0.15) is 65.2 Å².